The van der Waals surface area contributed by atoms with Gasteiger partial charge < -0.3 is 20.7 Å². The van der Waals surface area contributed by atoms with Crippen molar-refractivity contribution in [3.63, 3.8) is 0 Å². The average Bonchev–Trinajstić information content (AvgIpc) is 3.06. The smallest absolute Gasteiger partial charge is 0.213 e. The van der Waals surface area contributed by atoms with Crippen LogP contribution in [0.1, 0.15) is 25.3 Å². The van der Waals surface area contributed by atoms with Gasteiger partial charge in [0.2, 0.25) is 5.88 Å². The van der Waals surface area contributed by atoms with Crippen molar-refractivity contribution in [2.75, 3.05) is 46.9 Å². The standard InChI is InChI=1S/C18H32N6O.HI/c1-4-24-9-5-6-16(24)14-22-18(19)21-13-15-7-8-20-17(12-15)25-11-10-23(2)3;/h7-8,12,16H,4-6,9-11,13-14H2,1-3H3,(H3,19,21,22);1H. The summed E-state index contributed by atoms with van der Waals surface area (Å²) >= 11 is 0. The average molecular weight is 476 g/mol. The van der Waals surface area contributed by atoms with Crippen LogP contribution in [-0.4, -0.2) is 73.7 Å². The Labute approximate surface area is 174 Å². The van der Waals surface area contributed by atoms with Crippen LogP contribution in [0.3, 0.4) is 0 Å². The number of hydrogen-bond acceptors (Lipinski definition) is 5. The molecule has 1 aliphatic rings. The van der Waals surface area contributed by atoms with Gasteiger partial charge in [-0.15, -0.1) is 24.0 Å². The Morgan fingerprint density at radius 2 is 2.31 bits per heavy atom. The molecule has 0 radical (unpaired) electrons. The van der Waals surface area contributed by atoms with E-state index < -0.39 is 0 Å². The summed E-state index contributed by atoms with van der Waals surface area (Å²) in [5, 5.41) is 3.25. The van der Waals surface area contributed by atoms with E-state index in [4.69, 9.17) is 10.5 Å². The number of nitrogens with one attached hydrogen (secondary N) is 1. The predicted molar refractivity (Wildman–Crippen MR) is 117 cm³/mol. The number of hydrogen-bond donors (Lipinski definition) is 2. The quantitative estimate of drug-likeness (QED) is 0.320. The minimum absolute atomic E-state index is 0. The van der Waals surface area contributed by atoms with E-state index in [0.717, 1.165) is 25.2 Å². The second kappa shape index (κ2) is 12.3. The topological polar surface area (TPSA) is 79.0 Å². The molecule has 0 bridgehead atoms. The summed E-state index contributed by atoms with van der Waals surface area (Å²) in [6.45, 7) is 7.34. The first-order valence-electron chi connectivity index (χ1n) is 9.08. The second-order valence-corrected chi connectivity index (χ2v) is 6.66. The van der Waals surface area contributed by atoms with Crippen LogP contribution in [0.25, 0.3) is 0 Å². The van der Waals surface area contributed by atoms with E-state index >= 15 is 0 Å². The molecule has 2 rings (SSSR count). The number of likely N-dealkylation sites (N-methyl/N-ethyl adjacent to an activating group) is 2. The Bertz CT molecular complexity index is 554. The second-order valence-electron chi connectivity index (χ2n) is 6.66. The van der Waals surface area contributed by atoms with Crippen LogP contribution in [-0.2, 0) is 6.54 Å². The number of aromatic nitrogens is 1. The third kappa shape index (κ3) is 8.05. The van der Waals surface area contributed by atoms with Gasteiger partial charge >= 0.3 is 0 Å². The molecule has 0 aliphatic carbocycles. The summed E-state index contributed by atoms with van der Waals surface area (Å²) in [4.78, 5) is 13.2. The molecule has 26 heavy (non-hydrogen) atoms. The van der Waals surface area contributed by atoms with E-state index in [2.05, 4.69) is 32.0 Å². The van der Waals surface area contributed by atoms with Gasteiger partial charge in [-0.2, -0.15) is 0 Å². The van der Waals surface area contributed by atoms with Crippen molar-refractivity contribution < 1.29 is 4.74 Å². The molecule has 3 N–H and O–H groups in total. The third-order valence-corrected chi connectivity index (χ3v) is 4.44. The summed E-state index contributed by atoms with van der Waals surface area (Å²) in [5.74, 6) is 1.13. The van der Waals surface area contributed by atoms with Crippen molar-refractivity contribution in [2.24, 2.45) is 10.7 Å². The van der Waals surface area contributed by atoms with Crippen LogP contribution in [0.4, 0.5) is 0 Å². The molecule has 1 atom stereocenters. The lowest BCUT2D eigenvalue weighted by Gasteiger charge is -2.23. The lowest BCUT2D eigenvalue weighted by Crippen LogP contribution is -2.42. The minimum atomic E-state index is 0. The highest BCUT2D eigenvalue weighted by atomic mass is 127. The zero-order chi connectivity index (χ0) is 18.1. The Balaban J connectivity index is 0.00000338. The summed E-state index contributed by atoms with van der Waals surface area (Å²) in [5.41, 5.74) is 7.04. The molecule has 7 nitrogen and oxygen atoms in total. The Hall–Kier alpha value is -1.13. The van der Waals surface area contributed by atoms with Crippen LogP contribution < -0.4 is 15.8 Å². The van der Waals surface area contributed by atoms with Crippen LogP contribution in [0.15, 0.2) is 23.3 Å². The fraction of sp³-hybridized carbons (Fsp3) is 0.667. The summed E-state index contributed by atoms with van der Waals surface area (Å²) in [6.07, 6.45) is 4.24. The van der Waals surface area contributed by atoms with Gasteiger partial charge in [-0.05, 0) is 51.7 Å². The molecule has 0 amide bonds. The summed E-state index contributed by atoms with van der Waals surface area (Å²) in [7, 11) is 4.03. The van der Waals surface area contributed by atoms with Gasteiger partial charge in [0.15, 0.2) is 5.96 Å². The first-order valence-corrected chi connectivity index (χ1v) is 9.08. The van der Waals surface area contributed by atoms with Gasteiger partial charge in [-0.1, -0.05) is 6.92 Å². The van der Waals surface area contributed by atoms with E-state index in [0.29, 0.717) is 31.0 Å². The fourth-order valence-electron chi connectivity index (χ4n) is 2.96. The number of halogens is 1. The normalized spacial score (nSPS) is 18.0. The predicted octanol–water partition coefficient (Wildman–Crippen LogP) is 1.53. The number of nitrogens with zero attached hydrogens (tertiary/aromatic N) is 4. The molecule has 1 aliphatic heterocycles. The number of guanidine groups is 1. The molecular formula is C18H33IN6O. The van der Waals surface area contributed by atoms with E-state index in [1.54, 1.807) is 6.20 Å². The highest BCUT2D eigenvalue weighted by molar-refractivity contribution is 14.0. The number of nitrogens with two attached hydrogens (primary N) is 1. The number of pyridine rings is 1. The van der Waals surface area contributed by atoms with E-state index in [1.165, 1.54) is 19.4 Å². The maximum atomic E-state index is 6.01. The Morgan fingerprint density at radius 3 is 3.04 bits per heavy atom. The van der Waals surface area contributed by atoms with Crippen molar-refractivity contribution in [1.82, 2.24) is 20.1 Å². The molecule has 2 heterocycles. The van der Waals surface area contributed by atoms with Crippen molar-refractivity contribution in [3.05, 3.63) is 23.9 Å². The molecule has 0 spiro atoms. The Morgan fingerprint density at radius 1 is 1.50 bits per heavy atom. The van der Waals surface area contributed by atoms with E-state index in [9.17, 15) is 0 Å². The molecule has 1 aromatic heterocycles. The summed E-state index contributed by atoms with van der Waals surface area (Å²) < 4.78 is 5.65. The molecule has 8 heteroatoms. The van der Waals surface area contributed by atoms with Gasteiger partial charge in [-0.3, -0.25) is 4.90 Å². The van der Waals surface area contributed by atoms with Crippen molar-refractivity contribution in [3.8, 4) is 5.88 Å². The number of ether oxygens (including phenoxy) is 1. The van der Waals surface area contributed by atoms with Crippen molar-refractivity contribution >= 4 is 29.9 Å². The van der Waals surface area contributed by atoms with Gasteiger partial charge in [0.1, 0.15) is 6.61 Å². The zero-order valence-electron chi connectivity index (χ0n) is 16.1. The lowest BCUT2D eigenvalue weighted by atomic mass is 10.2. The Kier molecular flexibility index (Phi) is 10.8. The van der Waals surface area contributed by atoms with Gasteiger partial charge in [0.05, 0.1) is 6.54 Å². The first kappa shape index (κ1) is 22.9. The molecule has 1 unspecified atom stereocenters. The van der Waals surface area contributed by atoms with Crippen LogP contribution in [0.2, 0.25) is 0 Å². The fourth-order valence-corrected chi connectivity index (χ4v) is 2.96. The molecule has 1 aromatic rings. The lowest BCUT2D eigenvalue weighted by molar-refractivity contribution is 0.253. The molecule has 1 saturated heterocycles. The molecule has 148 valence electrons. The monoisotopic (exact) mass is 476 g/mol. The maximum Gasteiger partial charge on any atom is 0.213 e. The number of rotatable bonds is 9. The molecule has 0 saturated carbocycles. The SMILES string of the molecule is CCN1CCCC1CNC(N)=NCc1ccnc(OCCN(C)C)c1.I. The van der Waals surface area contributed by atoms with Crippen LogP contribution in [0.5, 0.6) is 5.88 Å². The highest BCUT2D eigenvalue weighted by Crippen LogP contribution is 2.15. The highest BCUT2D eigenvalue weighted by Gasteiger charge is 2.22. The van der Waals surface area contributed by atoms with Crippen molar-refractivity contribution in [1.29, 1.82) is 0 Å². The maximum absolute atomic E-state index is 6.01. The first-order chi connectivity index (χ1) is 12.1. The number of aliphatic imine (C=N–C) groups is 1. The van der Waals surface area contributed by atoms with Crippen molar-refractivity contribution in [2.45, 2.75) is 32.4 Å². The largest absolute Gasteiger partial charge is 0.476 e. The molecular weight excluding hydrogens is 443 g/mol. The minimum Gasteiger partial charge on any atom is -0.476 e. The molecule has 1 fully saturated rings. The van der Waals surface area contributed by atoms with E-state index in [1.807, 2.05) is 26.2 Å². The van der Waals surface area contributed by atoms with Crippen LogP contribution >= 0.6 is 24.0 Å². The zero-order valence-corrected chi connectivity index (χ0v) is 18.5. The van der Waals surface area contributed by atoms with Gasteiger partial charge in [0, 0.05) is 31.4 Å². The van der Waals surface area contributed by atoms with Gasteiger partial charge in [-0.25, -0.2) is 9.98 Å². The van der Waals surface area contributed by atoms with Gasteiger partial charge in [0.25, 0.3) is 0 Å². The van der Waals surface area contributed by atoms with Crippen LogP contribution in [0, 0.1) is 0 Å². The molecule has 0 aromatic carbocycles. The number of likely N-dealkylation sites (tertiary alicyclic amines) is 1. The van der Waals surface area contributed by atoms with E-state index in [-0.39, 0.29) is 24.0 Å². The summed E-state index contributed by atoms with van der Waals surface area (Å²) in [6, 6.07) is 4.42. The third-order valence-electron chi connectivity index (χ3n) is 4.44.